The van der Waals surface area contributed by atoms with Crippen molar-refractivity contribution in [3.8, 4) is 0 Å². The van der Waals surface area contributed by atoms with Crippen LogP contribution in [0.15, 0.2) is 48.5 Å². The lowest BCUT2D eigenvalue weighted by Gasteiger charge is -2.35. The van der Waals surface area contributed by atoms with Crippen LogP contribution in [-0.2, 0) is 0 Å². The van der Waals surface area contributed by atoms with E-state index < -0.39 is 0 Å². The molecule has 2 aromatic carbocycles. The highest BCUT2D eigenvalue weighted by Gasteiger charge is 2.43. The number of urea groups is 1. The number of piperidine rings is 1. The minimum Gasteiger partial charge on any atom is -0.334 e. The lowest BCUT2D eigenvalue weighted by Crippen LogP contribution is -3.15. The van der Waals surface area contributed by atoms with Crippen LogP contribution in [0.1, 0.15) is 36.8 Å². The van der Waals surface area contributed by atoms with Gasteiger partial charge in [-0.3, -0.25) is 4.90 Å². The molecule has 3 aliphatic heterocycles. The molecular formula is C23H26N3O+. The molecule has 2 amide bonds. The second-order valence-electron chi connectivity index (χ2n) is 8.12. The summed E-state index contributed by atoms with van der Waals surface area (Å²) >= 11 is 0. The molecule has 0 aliphatic carbocycles. The summed E-state index contributed by atoms with van der Waals surface area (Å²) in [5.41, 5.74) is 4.02. The molecule has 0 spiro atoms. The number of amides is 2. The monoisotopic (exact) mass is 360 g/mol. The van der Waals surface area contributed by atoms with Gasteiger partial charge in [0.15, 0.2) is 0 Å². The number of anilines is 2. The van der Waals surface area contributed by atoms with Crippen molar-refractivity contribution in [1.82, 2.24) is 5.32 Å². The molecule has 3 aliphatic rings. The second-order valence-corrected chi connectivity index (χ2v) is 8.12. The van der Waals surface area contributed by atoms with Crippen molar-refractivity contribution < 1.29 is 9.69 Å². The van der Waals surface area contributed by atoms with E-state index in [0.717, 1.165) is 35.3 Å². The van der Waals surface area contributed by atoms with Crippen molar-refractivity contribution in [3.05, 3.63) is 59.7 Å². The maximum atomic E-state index is 13.4. The first-order valence-corrected chi connectivity index (χ1v) is 10.0. The summed E-state index contributed by atoms with van der Waals surface area (Å²) in [5.74, 6) is 0. The Morgan fingerprint density at radius 3 is 2.00 bits per heavy atom. The predicted molar refractivity (Wildman–Crippen MR) is 109 cm³/mol. The third kappa shape index (κ3) is 2.85. The Hall–Kier alpha value is -2.59. The van der Waals surface area contributed by atoms with Crippen LogP contribution >= 0.6 is 0 Å². The Labute approximate surface area is 160 Å². The Balaban J connectivity index is 1.47. The fourth-order valence-electron chi connectivity index (χ4n) is 5.13. The maximum Gasteiger partial charge on any atom is 0.326 e. The van der Waals surface area contributed by atoms with Gasteiger partial charge in [-0.25, -0.2) is 4.79 Å². The van der Waals surface area contributed by atoms with Gasteiger partial charge in [0.2, 0.25) is 0 Å². The first-order valence-electron chi connectivity index (χ1n) is 10.0. The van der Waals surface area contributed by atoms with E-state index in [0.29, 0.717) is 12.1 Å². The smallest absolute Gasteiger partial charge is 0.326 e. The molecule has 27 heavy (non-hydrogen) atoms. The first-order chi connectivity index (χ1) is 13.2. The number of carbonyl (C=O) groups is 1. The molecule has 2 fully saturated rings. The van der Waals surface area contributed by atoms with E-state index in [1.54, 1.807) is 4.90 Å². The molecule has 138 valence electrons. The Bertz CT molecular complexity index is 843. The van der Waals surface area contributed by atoms with Crippen molar-refractivity contribution in [2.45, 2.75) is 43.8 Å². The summed E-state index contributed by atoms with van der Waals surface area (Å²) in [6, 6.07) is 17.9. The Morgan fingerprint density at radius 1 is 0.926 bits per heavy atom. The van der Waals surface area contributed by atoms with Crippen molar-refractivity contribution in [2.24, 2.45) is 0 Å². The molecule has 4 atom stereocenters. The van der Waals surface area contributed by atoms with E-state index in [-0.39, 0.29) is 12.1 Å². The van der Waals surface area contributed by atoms with Gasteiger partial charge in [0, 0.05) is 31.7 Å². The number of nitrogens with one attached hydrogen (secondary N) is 2. The Kier molecular flexibility index (Phi) is 4.01. The van der Waals surface area contributed by atoms with Crippen LogP contribution < -0.4 is 15.1 Å². The zero-order valence-corrected chi connectivity index (χ0v) is 15.7. The number of quaternary nitrogens is 1. The minimum absolute atomic E-state index is 0.0115. The number of fused-ring (bicyclic) bond motifs is 4. The van der Waals surface area contributed by atoms with Crippen LogP contribution in [0.4, 0.5) is 16.2 Å². The highest BCUT2D eigenvalue weighted by Crippen LogP contribution is 2.36. The molecule has 0 aromatic heterocycles. The van der Waals surface area contributed by atoms with Gasteiger partial charge in [-0.05, 0) is 23.3 Å². The summed E-state index contributed by atoms with van der Waals surface area (Å²) in [4.78, 5) is 17.0. The van der Waals surface area contributed by atoms with Crippen LogP contribution in [0, 0.1) is 0 Å². The van der Waals surface area contributed by atoms with Gasteiger partial charge in [0.1, 0.15) is 0 Å². The van der Waals surface area contributed by atoms with Gasteiger partial charge in [-0.1, -0.05) is 48.6 Å². The quantitative estimate of drug-likeness (QED) is 0.805. The number of rotatable bonds is 1. The minimum atomic E-state index is -0.0115. The number of para-hydroxylation sites is 2. The fraction of sp³-hybridized carbons (Fsp3) is 0.348. The SMILES string of the molecule is C[NH+]1[C@@H]2CC[C@H]1CC(NC(=O)N1c3ccccc3C=Cc3ccccc31)C2. The number of nitrogens with zero attached hydrogens (tertiary/aromatic N) is 1. The zero-order chi connectivity index (χ0) is 18.4. The summed E-state index contributed by atoms with van der Waals surface area (Å²) in [7, 11) is 2.31. The van der Waals surface area contributed by atoms with Crippen LogP contribution in [0.5, 0.6) is 0 Å². The van der Waals surface area contributed by atoms with Crippen molar-refractivity contribution in [3.63, 3.8) is 0 Å². The van der Waals surface area contributed by atoms with Crippen LogP contribution in [0.3, 0.4) is 0 Å². The van der Waals surface area contributed by atoms with Crippen molar-refractivity contribution in [2.75, 3.05) is 11.9 Å². The molecule has 2 unspecified atom stereocenters. The third-order valence-electron chi connectivity index (χ3n) is 6.62. The van der Waals surface area contributed by atoms with Crippen LogP contribution in [0.2, 0.25) is 0 Å². The standard InChI is InChI=1S/C23H25N3O/c1-25-19-12-13-20(25)15-18(14-19)24-23(27)26-21-8-4-2-6-16(21)10-11-17-7-3-5-9-22(17)26/h2-11,18-20H,12-15H2,1H3,(H,24,27)/p+1/t18?,19-,20+. The van der Waals surface area contributed by atoms with Crippen molar-refractivity contribution >= 4 is 29.6 Å². The van der Waals surface area contributed by atoms with Gasteiger partial charge in [-0.15, -0.1) is 0 Å². The summed E-state index contributed by atoms with van der Waals surface area (Å²) < 4.78 is 0. The van der Waals surface area contributed by atoms with E-state index in [1.807, 2.05) is 41.3 Å². The summed E-state index contributed by atoms with van der Waals surface area (Å²) in [6.07, 6.45) is 8.96. The number of hydrogen-bond acceptors (Lipinski definition) is 1. The highest BCUT2D eigenvalue weighted by molar-refractivity contribution is 6.05. The average Bonchev–Trinajstić information content (AvgIpc) is 2.87. The van der Waals surface area contributed by atoms with E-state index in [9.17, 15) is 4.79 Å². The summed E-state index contributed by atoms with van der Waals surface area (Å²) in [6.45, 7) is 0. The fourth-order valence-corrected chi connectivity index (χ4v) is 5.13. The normalized spacial score (nSPS) is 28.3. The van der Waals surface area contributed by atoms with Gasteiger partial charge in [0.05, 0.1) is 30.5 Å². The van der Waals surface area contributed by atoms with Crippen LogP contribution in [-0.4, -0.2) is 31.2 Å². The number of hydrogen-bond donors (Lipinski definition) is 2. The van der Waals surface area contributed by atoms with E-state index in [4.69, 9.17) is 0 Å². The van der Waals surface area contributed by atoms with Gasteiger partial charge in [0.25, 0.3) is 0 Å². The third-order valence-corrected chi connectivity index (χ3v) is 6.62. The molecule has 5 rings (SSSR count). The molecule has 2 N–H and O–H groups in total. The van der Waals surface area contributed by atoms with Gasteiger partial charge in [-0.2, -0.15) is 0 Å². The largest absolute Gasteiger partial charge is 0.334 e. The predicted octanol–water partition coefficient (Wildman–Crippen LogP) is 3.23. The zero-order valence-electron chi connectivity index (χ0n) is 15.7. The van der Waals surface area contributed by atoms with Crippen molar-refractivity contribution in [1.29, 1.82) is 0 Å². The van der Waals surface area contributed by atoms with E-state index in [1.165, 1.54) is 12.8 Å². The van der Waals surface area contributed by atoms with E-state index in [2.05, 4.69) is 36.6 Å². The first kappa shape index (κ1) is 16.6. The lowest BCUT2D eigenvalue weighted by atomic mass is 9.98. The number of benzene rings is 2. The average molecular weight is 360 g/mol. The molecule has 4 heteroatoms. The lowest BCUT2D eigenvalue weighted by molar-refractivity contribution is -0.922. The molecule has 2 aromatic rings. The summed E-state index contributed by atoms with van der Waals surface area (Å²) in [5, 5.41) is 3.37. The van der Waals surface area contributed by atoms with E-state index >= 15 is 0 Å². The molecule has 0 saturated carbocycles. The molecule has 4 nitrogen and oxygen atoms in total. The Morgan fingerprint density at radius 2 is 1.44 bits per heavy atom. The second kappa shape index (κ2) is 6.54. The molecule has 2 saturated heterocycles. The maximum absolute atomic E-state index is 13.4. The number of carbonyl (C=O) groups excluding carboxylic acids is 1. The van der Waals surface area contributed by atoms with Crippen LogP contribution in [0.25, 0.3) is 12.2 Å². The molecular weight excluding hydrogens is 334 g/mol. The van der Waals surface area contributed by atoms with Gasteiger partial charge < -0.3 is 10.2 Å². The topological polar surface area (TPSA) is 36.8 Å². The molecule has 2 bridgehead atoms. The highest BCUT2D eigenvalue weighted by atomic mass is 16.2. The molecule has 0 radical (unpaired) electrons. The molecule has 3 heterocycles. The van der Waals surface area contributed by atoms with Gasteiger partial charge >= 0.3 is 6.03 Å².